The lowest BCUT2D eigenvalue weighted by atomic mass is 10.1. The minimum atomic E-state index is 1.23. The normalized spacial score (nSPS) is 11.2. The quantitative estimate of drug-likeness (QED) is 0.729. The lowest BCUT2D eigenvalue weighted by Crippen LogP contribution is -2.07. The fourth-order valence-corrected chi connectivity index (χ4v) is 3.42. The summed E-state index contributed by atoms with van der Waals surface area (Å²) in [5.41, 5.74) is 3.78. The summed E-state index contributed by atoms with van der Waals surface area (Å²) in [5.74, 6) is 0. The molecule has 19 heavy (non-hydrogen) atoms. The third kappa shape index (κ3) is 3.28. The molecule has 1 heterocycles. The molecule has 0 bridgehead atoms. The Balaban J connectivity index is 2.20. The van der Waals surface area contributed by atoms with Gasteiger partial charge >= 0.3 is 0 Å². The highest BCUT2D eigenvalue weighted by molar-refractivity contribution is 9.10. The van der Waals surface area contributed by atoms with Gasteiger partial charge in [0, 0.05) is 34.0 Å². The number of hydrogen-bond donors (Lipinski definition) is 0. The van der Waals surface area contributed by atoms with Crippen LogP contribution < -0.4 is 4.90 Å². The highest BCUT2D eigenvalue weighted by Crippen LogP contribution is 2.33. The van der Waals surface area contributed by atoms with Crippen LogP contribution in [0.3, 0.4) is 0 Å². The van der Waals surface area contributed by atoms with E-state index in [-0.39, 0.29) is 0 Å². The van der Waals surface area contributed by atoms with Crippen LogP contribution in [-0.2, 0) is 0 Å². The molecule has 0 atom stereocenters. The first-order valence-corrected chi connectivity index (χ1v) is 7.81. The SMILES string of the molecule is Cc1sc(C=Cc2ccc(N(C)C)cc2)c(C)c1Br. The van der Waals surface area contributed by atoms with E-state index in [0.717, 1.165) is 0 Å². The van der Waals surface area contributed by atoms with E-state index in [1.165, 1.54) is 31.0 Å². The maximum atomic E-state index is 3.62. The number of benzene rings is 1. The van der Waals surface area contributed by atoms with E-state index in [9.17, 15) is 0 Å². The first kappa shape index (κ1) is 14.4. The van der Waals surface area contributed by atoms with Crippen LogP contribution in [0, 0.1) is 13.8 Å². The third-order valence-corrected chi connectivity index (χ3v) is 5.73. The van der Waals surface area contributed by atoms with Gasteiger partial charge in [0.15, 0.2) is 0 Å². The van der Waals surface area contributed by atoms with Gasteiger partial charge in [-0.1, -0.05) is 18.2 Å². The van der Waals surface area contributed by atoms with E-state index in [1.54, 1.807) is 0 Å². The predicted octanol–water partition coefficient (Wildman–Crippen LogP) is 5.36. The van der Waals surface area contributed by atoms with Crippen molar-refractivity contribution in [3.05, 3.63) is 49.6 Å². The third-order valence-electron chi connectivity index (χ3n) is 3.11. The average molecular weight is 336 g/mol. The Bertz CT molecular complexity index is 594. The van der Waals surface area contributed by atoms with Gasteiger partial charge in [-0.15, -0.1) is 11.3 Å². The predicted molar refractivity (Wildman–Crippen MR) is 91.2 cm³/mol. The number of thiophene rings is 1. The number of aryl methyl sites for hydroxylation is 1. The zero-order chi connectivity index (χ0) is 14.0. The second kappa shape index (κ2) is 5.93. The Labute approximate surface area is 127 Å². The minimum absolute atomic E-state index is 1.23. The van der Waals surface area contributed by atoms with E-state index in [0.29, 0.717) is 0 Å². The molecule has 2 aromatic rings. The van der Waals surface area contributed by atoms with Crippen LogP contribution in [0.1, 0.15) is 20.9 Å². The molecule has 0 spiro atoms. The molecule has 0 saturated carbocycles. The first-order chi connectivity index (χ1) is 8.99. The second-order valence-electron chi connectivity index (χ2n) is 4.78. The average Bonchev–Trinajstić information content (AvgIpc) is 2.64. The number of halogens is 1. The van der Waals surface area contributed by atoms with Gasteiger partial charge in [0.05, 0.1) is 0 Å². The Morgan fingerprint density at radius 2 is 1.68 bits per heavy atom. The smallest absolute Gasteiger partial charge is 0.0361 e. The molecule has 1 aromatic carbocycles. The largest absolute Gasteiger partial charge is 0.378 e. The van der Waals surface area contributed by atoms with Crippen molar-refractivity contribution in [2.45, 2.75) is 13.8 Å². The van der Waals surface area contributed by atoms with Crippen molar-refractivity contribution >= 4 is 45.1 Å². The molecule has 0 aliphatic carbocycles. The summed E-state index contributed by atoms with van der Waals surface area (Å²) in [6, 6.07) is 8.58. The van der Waals surface area contributed by atoms with Crippen LogP contribution in [0.2, 0.25) is 0 Å². The molecule has 3 heteroatoms. The van der Waals surface area contributed by atoms with E-state index < -0.39 is 0 Å². The summed E-state index contributed by atoms with van der Waals surface area (Å²) < 4.78 is 1.24. The van der Waals surface area contributed by atoms with Crippen molar-refractivity contribution in [2.24, 2.45) is 0 Å². The molecule has 1 nitrogen and oxygen atoms in total. The maximum Gasteiger partial charge on any atom is 0.0361 e. The summed E-state index contributed by atoms with van der Waals surface area (Å²) >= 11 is 5.45. The van der Waals surface area contributed by atoms with Gasteiger partial charge in [-0.2, -0.15) is 0 Å². The van der Waals surface area contributed by atoms with Gasteiger partial charge < -0.3 is 4.90 Å². The van der Waals surface area contributed by atoms with Crippen LogP contribution >= 0.6 is 27.3 Å². The molecular weight excluding hydrogens is 318 g/mol. The fourth-order valence-electron chi connectivity index (χ4n) is 1.87. The highest BCUT2D eigenvalue weighted by Gasteiger charge is 2.06. The number of anilines is 1. The van der Waals surface area contributed by atoms with Gasteiger partial charge in [-0.05, 0) is 59.1 Å². The van der Waals surface area contributed by atoms with Crippen molar-refractivity contribution in [3.8, 4) is 0 Å². The molecule has 0 unspecified atom stereocenters. The van der Waals surface area contributed by atoms with Crippen molar-refractivity contribution in [2.75, 3.05) is 19.0 Å². The Hall–Kier alpha value is -1.06. The minimum Gasteiger partial charge on any atom is -0.378 e. The summed E-state index contributed by atoms with van der Waals surface area (Å²) in [6.07, 6.45) is 4.37. The van der Waals surface area contributed by atoms with Crippen LogP contribution in [0.25, 0.3) is 12.2 Å². The Kier molecular flexibility index (Phi) is 4.48. The standard InChI is InChI=1S/C16H18BrNS/c1-11-15(19-12(2)16(11)17)10-7-13-5-8-14(9-6-13)18(3)4/h5-10H,1-4H3. The lowest BCUT2D eigenvalue weighted by molar-refractivity contribution is 1.13. The molecule has 0 N–H and O–H groups in total. The topological polar surface area (TPSA) is 3.24 Å². The number of nitrogens with zero attached hydrogens (tertiary/aromatic N) is 1. The molecule has 0 aliphatic heterocycles. The van der Waals surface area contributed by atoms with Gasteiger partial charge in [0.2, 0.25) is 0 Å². The maximum absolute atomic E-state index is 3.62. The zero-order valence-corrected chi connectivity index (χ0v) is 14.1. The monoisotopic (exact) mass is 335 g/mol. The van der Waals surface area contributed by atoms with Gasteiger partial charge in [0.25, 0.3) is 0 Å². The fraction of sp³-hybridized carbons (Fsp3) is 0.250. The Morgan fingerprint density at radius 3 is 2.16 bits per heavy atom. The van der Waals surface area contributed by atoms with Gasteiger partial charge in [-0.25, -0.2) is 0 Å². The lowest BCUT2D eigenvalue weighted by Gasteiger charge is -2.11. The van der Waals surface area contributed by atoms with Crippen molar-refractivity contribution < 1.29 is 0 Å². The van der Waals surface area contributed by atoms with Crippen LogP contribution in [-0.4, -0.2) is 14.1 Å². The summed E-state index contributed by atoms with van der Waals surface area (Å²) in [7, 11) is 4.11. The summed E-state index contributed by atoms with van der Waals surface area (Å²) in [4.78, 5) is 4.76. The molecular formula is C16H18BrNS. The highest BCUT2D eigenvalue weighted by atomic mass is 79.9. The number of rotatable bonds is 3. The van der Waals surface area contributed by atoms with Crippen LogP contribution in [0.4, 0.5) is 5.69 Å². The molecule has 0 radical (unpaired) electrons. The molecule has 0 saturated heterocycles. The van der Waals surface area contributed by atoms with E-state index in [4.69, 9.17) is 0 Å². The Morgan fingerprint density at radius 1 is 1.05 bits per heavy atom. The molecule has 0 amide bonds. The van der Waals surface area contributed by atoms with Gasteiger partial charge in [-0.3, -0.25) is 0 Å². The van der Waals surface area contributed by atoms with Gasteiger partial charge in [0.1, 0.15) is 0 Å². The van der Waals surface area contributed by atoms with E-state index in [2.05, 4.69) is 85.2 Å². The van der Waals surface area contributed by atoms with Crippen LogP contribution in [0.15, 0.2) is 28.7 Å². The van der Waals surface area contributed by atoms with Crippen molar-refractivity contribution in [1.29, 1.82) is 0 Å². The molecule has 2 rings (SSSR count). The van der Waals surface area contributed by atoms with E-state index >= 15 is 0 Å². The second-order valence-corrected chi connectivity index (χ2v) is 6.83. The molecule has 100 valence electrons. The number of hydrogen-bond acceptors (Lipinski definition) is 2. The summed E-state index contributed by atoms with van der Waals surface area (Å²) in [5, 5.41) is 0. The molecule has 0 fully saturated rings. The van der Waals surface area contributed by atoms with Crippen molar-refractivity contribution in [1.82, 2.24) is 0 Å². The first-order valence-electron chi connectivity index (χ1n) is 6.20. The zero-order valence-electron chi connectivity index (χ0n) is 11.7. The summed E-state index contributed by atoms with van der Waals surface area (Å²) in [6.45, 7) is 4.30. The van der Waals surface area contributed by atoms with Crippen molar-refractivity contribution in [3.63, 3.8) is 0 Å². The molecule has 1 aromatic heterocycles. The van der Waals surface area contributed by atoms with Crippen LogP contribution in [0.5, 0.6) is 0 Å². The van der Waals surface area contributed by atoms with E-state index in [1.807, 2.05) is 11.3 Å². The molecule has 0 aliphatic rings.